The van der Waals surface area contributed by atoms with Gasteiger partial charge in [-0.2, -0.15) is 0 Å². The van der Waals surface area contributed by atoms with Crippen LogP contribution < -0.4 is 15.2 Å². The molecule has 2 N–H and O–H groups in total. The van der Waals surface area contributed by atoms with Crippen LogP contribution in [0.1, 0.15) is 21.6 Å². The maximum atomic E-state index is 12.6. The van der Waals surface area contributed by atoms with Gasteiger partial charge in [0.15, 0.2) is 11.5 Å². The number of ether oxygens (including phenoxy) is 2. The summed E-state index contributed by atoms with van der Waals surface area (Å²) in [5.74, 6) is 1.61. The van der Waals surface area contributed by atoms with Crippen LogP contribution in [0.3, 0.4) is 0 Å². The molecule has 0 unspecified atom stereocenters. The highest BCUT2D eigenvalue weighted by Crippen LogP contribution is 2.33. The van der Waals surface area contributed by atoms with E-state index in [1.54, 1.807) is 37.3 Å². The minimum Gasteiger partial charge on any atom is -0.493 e. The molecule has 120 valence electrons. The van der Waals surface area contributed by atoms with E-state index in [1.807, 2.05) is 12.1 Å². The zero-order valence-electron chi connectivity index (χ0n) is 13.2. The van der Waals surface area contributed by atoms with E-state index in [2.05, 4.69) is 4.98 Å². The number of nitrogens with two attached hydrogens (primary N) is 1. The average Bonchev–Trinajstić information content (AvgIpc) is 2.59. The van der Waals surface area contributed by atoms with Crippen LogP contribution >= 0.6 is 0 Å². The summed E-state index contributed by atoms with van der Waals surface area (Å²) < 4.78 is 10.7. The van der Waals surface area contributed by atoms with Gasteiger partial charge in [0.2, 0.25) is 0 Å². The van der Waals surface area contributed by atoms with Crippen LogP contribution in [-0.4, -0.2) is 36.6 Å². The van der Waals surface area contributed by atoms with Crippen molar-refractivity contribution in [1.82, 2.24) is 9.88 Å². The molecule has 2 heterocycles. The number of nitrogen functional groups attached to an aromatic ring is 1. The fourth-order valence-electron chi connectivity index (χ4n) is 2.79. The smallest absolute Gasteiger partial charge is 0.272 e. The Labute approximate surface area is 134 Å². The van der Waals surface area contributed by atoms with E-state index in [-0.39, 0.29) is 5.91 Å². The maximum Gasteiger partial charge on any atom is 0.272 e. The summed E-state index contributed by atoms with van der Waals surface area (Å²) >= 11 is 0. The number of amides is 1. The Hall–Kier alpha value is -2.76. The summed E-state index contributed by atoms with van der Waals surface area (Å²) in [5.41, 5.74) is 8.26. The van der Waals surface area contributed by atoms with Crippen LogP contribution in [0.4, 0.5) is 5.82 Å². The first kappa shape index (κ1) is 15.1. The molecule has 0 saturated heterocycles. The molecule has 3 rings (SSSR count). The summed E-state index contributed by atoms with van der Waals surface area (Å²) in [6, 6.07) is 9.00. The van der Waals surface area contributed by atoms with Gasteiger partial charge in [0.05, 0.1) is 14.2 Å². The molecule has 6 nitrogen and oxygen atoms in total. The van der Waals surface area contributed by atoms with Crippen molar-refractivity contribution in [3.8, 4) is 11.5 Å². The largest absolute Gasteiger partial charge is 0.493 e. The summed E-state index contributed by atoms with van der Waals surface area (Å²) in [4.78, 5) is 18.5. The molecule has 0 aliphatic carbocycles. The van der Waals surface area contributed by atoms with Gasteiger partial charge in [-0.3, -0.25) is 4.79 Å². The number of aromatic nitrogens is 1. The number of carbonyl (C=O) groups excluding carboxylic acids is 1. The lowest BCUT2D eigenvalue weighted by atomic mass is 9.98. The third-order valence-electron chi connectivity index (χ3n) is 4.00. The van der Waals surface area contributed by atoms with Crippen molar-refractivity contribution in [2.75, 3.05) is 26.5 Å². The van der Waals surface area contributed by atoms with Crippen molar-refractivity contribution < 1.29 is 14.3 Å². The summed E-state index contributed by atoms with van der Waals surface area (Å²) in [7, 11) is 3.22. The van der Waals surface area contributed by atoms with Gasteiger partial charge in [-0.25, -0.2) is 4.98 Å². The monoisotopic (exact) mass is 313 g/mol. The van der Waals surface area contributed by atoms with Gasteiger partial charge in [0.1, 0.15) is 11.5 Å². The molecule has 1 amide bonds. The lowest BCUT2D eigenvalue weighted by Gasteiger charge is -2.29. The molecule has 0 atom stereocenters. The molecule has 0 radical (unpaired) electrons. The van der Waals surface area contributed by atoms with Gasteiger partial charge < -0.3 is 20.1 Å². The fourth-order valence-corrected chi connectivity index (χ4v) is 2.79. The molecule has 1 aromatic carbocycles. The predicted molar refractivity (Wildman–Crippen MR) is 86.6 cm³/mol. The third-order valence-corrected chi connectivity index (χ3v) is 4.00. The van der Waals surface area contributed by atoms with Gasteiger partial charge in [-0.15, -0.1) is 0 Å². The maximum absolute atomic E-state index is 12.6. The quantitative estimate of drug-likeness (QED) is 0.936. The zero-order chi connectivity index (χ0) is 16.4. The summed E-state index contributed by atoms with van der Waals surface area (Å²) in [6.45, 7) is 1.16. The Morgan fingerprint density at radius 2 is 1.87 bits per heavy atom. The van der Waals surface area contributed by atoms with E-state index in [0.29, 0.717) is 36.1 Å². The summed E-state index contributed by atoms with van der Waals surface area (Å²) in [6.07, 6.45) is 0.768. The Morgan fingerprint density at radius 1 is 1.17 bits per heavy atom. The van der Waals surface area contributed by atoms with E-state index < -0.39 is 0 Å². The van der Waals surface area contributed by atoms with E-state index in [4.69, 9.17) is 15.2 Å². The standard InChI is InChI=1S/C17H19N3O3/c1-22-14-8-11-6-7-20(10-12(11)9-15(14)23-2)17(21)13-4-3-5-16(18)19-13/h3-5,8-9H,6-7,10H2,1-2H3,(H2,18,19). The highest BCUT2D eigenvalue weighted by molar-refractivity contribution is 5.92. The van der Waals surface area contributed by atoms with E-state index >= 15 is 0 Å². The van der Waals surface area contributed by atoms with Gasteiger partial charge in [0.25, 0.3) is 5.91 Å². The highest BCUT2D eigenvalue weighted by atomic mass is 16.5. The van der Waals surface area contributed by atoms with E-state index in [0.717, 1.165) is 12.0 Å². The Morgan fingerprint density at radius 3 is 2.52 bits per heavy atom. The van der Waals surface area contributed by atoms with Crippen molar-refractivity contribution in [2.24, 2.45) is 0 Å². The molecule has 1 aliphatic rings. The van der Waals surface area contributed by atoms with E-state index in [1.165, 1.54) is 5.56 Å². The minimum absolute atomic E-state index is 0.113. The van der Waals surface area contributed by atoms with Crippen LogP contribution in [0.25, 0.3) is 0 Å². The first-order valence-corrected chi connectivity index (χ1v) is 7.38. The first-order valence-electron chi connectivity index (χ1n) is 7.38. The fraction of sp³-hybridized carbons (Fsp3) is 0.294. The van der Waals surface area contributed by atoms with Crippen molar-refractivity contribution >= 4 is 11.7 Å². The van der Waals surface area contributed by atoms with Crippen LogP contribution in [0.2, 0.25) is 0 Å². The second-order valence-corrected chi connectivity index (χ2v) is 5.40. The third kappa shape index (κ3) is 2.92. The lowest BCUT2D eigenvalue weighted by Crippen LogP contribution is -2.36. The van der Waals surface area contributed by atoms with Gasteiger partial charge in [-0.05, 0) is 41.8 Å². The Bertz CT molecular complexity index is 746. The molecule has 1 aliphatic heterocycles. The first-order chi connectivity index (χ1) is 11.1. The predicted octanol–water partition coefficient (Wildman–Crippen LogP) is 1.88. The number of benzene rings is 1. The minimum atomic E-state index is -0.113. The molecule has 2 aromatic rings. The van der Waals surface area contributed by atoms with Gasteiger partial charge in [-0.1, -0.05) is 6.07 Å². The number of methoxy groups -OCH3 is 2. The van der Waals surface area contributed by atoms with Crippen molar-refractivity contribution in [3.63, 3.8) is 0 Å². The molecule has 1 aromatic heterocycles. The van der Waals surface area contributed by atoms with Gasteiger partial charge >= 0.3 is 0 Å². The van der Waals surface area contributed by atoms with E-state index in [9.17, 15) is 4.79 Å². The number of nitrogens with zero attached hydrogens (tertiary/aromatic N) is 2. The lowest BCUT2D eigenvalue weighted by molar-refractivity contribution is 0.0728. The molecule has 23 heavy (non-hydrogen) atoms. The van der Waals surface area contributed by atoms with Crippen molar-refractivity contribution in [1.29, 1.82) is 0 Å². The molecule has 0 bridgehead atoms. The number of pyridine rings is 1. The molecular weight excluding hydrogens is 294 g/mol. The molecule has 0 spiro atoms. The van der Waals surface area contributed by atoms with Crippen LogP contribution in [0.15, 0.2) is 30.3 Å². The topological polar surface area (TPSA) is 77.7 Å². The van der Waals surface area contributed by atoms with Crippen LogP contribution in [0.5, 0.6) is 11.5 Å². The second kappa shape index (κ2) is 6.16. The summed E-state index contributed by atoms with van der Waals surface area (Å²) in [5, 5.41) is 0. The van der Waals surface area contributed by atoms with Gasteiger partial charge in [0, 0.05) is 13.1 Å². The van der Waals surface area contributed by atoms with Crippen LogP contribution in [-0.2, 0) is 13.0 Å². The Balaban J connectivity index is 1.86. The molecule has 6 heteroatoms. The normalized spacial score (nSPS) is 13.4. The SMILES string of the molecule is COc1cc2c(cc1OC)CN(C(=O)c1cccc(N)n1)CC2. The highest BCUT2D eigenvalue weighted by Gasteiger charge is 2.24. The number of anilines is 1. The molecule has 0 saturated carbocycles. The number of hydrogen-bond acceptors (Lipinski definition) is 5. The number of hydrogen-bond donors (Lipinski definition) is 1. The second-order valence-electron chi connectivity index (χ2n) is 5.40. The number of rotatable bonds is 3. The number of carbonyl (C=O) groups is 1. The van der Waals surface area contributed by atoms with Crippen molar-refractivity contribution in [2.45, 2.75) is 13.0 Å². The molecule has 0 fully saturated rings. The Kier molecular flexibility index (Phi) is 4.06. The molecular formula is C17H19N3O3. The zero-order valence-corrected chi connectivity index (χ0v) is 13.2. The number of fused-ring (bicyclic) bond motifs is 1. The average molecular weight is 313 g/mol. The van der Waals surface area contributed by atoms with Crippen molar-refractivity contribution in [3.05, 3.63) is 47.2 Å². The van der Waals surface area contributed by atoms with Crippen LogP contribution in [0, 0.1) is 0 Å².